The molecule has 0 amide bonds. The molecule has 1 heterocycles. The van der Waals surface area contributed by atoms with E-state index in [1.54, 1.807) is 18.4 Å². The average Bonchev–Trinajstić information content (AvgIpc) is 2.64. The SMILES string of the molecule is COc1cc2sccc2cc1CCO. The van der Waals surface area contributed by atoms with Crippen LogP contribution in [0.15, 0.2) is 23.6 Å². The van der Waals surface area contributed by atoms with E-state index in [1.807, 2.05) is 6.07 Å². The Kier molecular flexibility index (Phi) is 2.70. The maximum Gasteiger partial charge on any atom is 0.123 e. The maximum absolute atomic E-state index is 8.91. The molecule has 2 aromatic rings. The summed E-state index contributed by atoms with van der Waals surface area (Å²) in [5.74, 6) is 0.869. The third-order valence-corrected chi connectivity index (χ3v) is 3.12. The molecule has 0 saturated heterocycles. The predicted molar refractivity (Wildman–Crippen MR) is 59.2 cm³/mol. The average molecular weight is 208 g/mol. The first-order valence-electron chi connectivity index (χ1n) is 4.50. The fraction of sp³-hybridized carbons (Fsp3) is 0.273. The van der Waals surface area contributed by atoms with E-state index in [4.69, 9.17) is 9.84 Å². The normalized spacial score (nSPS) is 10.7. The van der Waals surface area contributed by atoms with Gasteiger partial charge in [0.2, 0.25) is 0 Å². The van der Waals surface area contributed by atoms with Gasteiger partial charge in [-0.05, 0) is 40.9 Å². The van der Waals surface area contributed by atoms with E-state index < -0.39 is 0 Å². The van der Waals surface area contributed by atoms with Gasteiger partial charge >= 0.3 is 0 Å². The first kappa shape index (κ1) is 9.49. The van der Waals surface area contributed by atoms with Crippen LogP contribution in [-0.2, 0) is 6.42 Å². The number of benzene rings is 1. The van der Waals surface area contributed by atoms with Crippen molar-refractivity contribution in [3.8, 4) is 5.75 Å². The summed E-state index contributed by atoms with van der Waals surface area (Å²) < 4.78 is 6.50. The number of fused-ring (bicyclic) bond motifs is 1. The van der Waals surface area contributed by atoms with Crippen LogP contribution in [0.5, 0.6) is 5.75 Å². The number of rotatable bonds is 3. The summed E-state index contributed by atoms with van der Waals surface area (Å²) in [6, 6.07) is 6.20. The quantitative estimate of drug-likeness (QED) is 0.839. The van der Waals surface area contributed by atoms with Crippen LogP contribution >= 0.6 is 11.3 Å². The van der Waals surface area contributed by atoms with Crippen molar-refractivity contribution in [3.05, 3.63) is 29.1 Å². The van der Waals surface area contributed by atoms with Gasteiger partial charge in [-0.1, -0.05) is 0 Å². The van der Waals surface area contributed by atoms with Crippen LogP contribution in [0.25, 0.3) is 10.1 Å². The lowest BCUT2D eigenvalue weighted by atomic mass is 10.1. The van der Waals surface area contributed by atoms with Gasteiger partial charge in [-0.3, -0.25) is 0 Å². The molecule has 0 radical (unpaired) electrons. The van der Waals surface area contributed by atoms with Crippen molar-refractivity contribution >= 4 is 21.4 Å². The summed E-state index contributed by atoms with van der Waals surface area (Å²) in [4.78, 5) is 0. The van der Waals surface area contributed by atoms with Crippen molar-refractivity contribution in [3.63, 3.8) is 0 Å². The molecule has 0 bridgehead atoms. The lowest BCUT2D eigenvalue weighted by Gasteiger charge is -2.07. The Balaban J connectivity index is 2.54. The second-order valence-electron chi connectivity index (χ2n) is 3.10. The molecule has 2 rings (SSSR count). The van der Waals surface area contributed by atoms with Crippen LogP contribution in [0.3, 0.4) is 0 Å². The molecule has 0 saturated carbocycles. The van der Waals surface area contributed by atoms with E-state index in [9.17, 15) is 0 Å². The van der Waals surface area contributed by atoms with Gasteiger partial charge in [-0.15, -0.1) is 11.3 Å². The van der Waals surface area contributed by atoms with Crippen LogP contribution in [0.1, 0.15) is 5.56 Å². The van der Waals surface area contributed by atoms with Crippen LogP contribution in [0, 0.1) is 0 Å². The van der Waals surface area contributed by atoms with Crippen molar-refractivity contribution in [2.24, 2.45) is 0 Å². The van der Waals surface area contributed by atoms with E-state index in [-0.39, 0.29) is 6.61 Å². The van der Waals surface area contributed by atoms with Crippen molar-refractivity contribution in [2.45, 2.75) is 6.42 Å². The Bertz CT molecular complexity index is 434. The highest BCUT2D eigenvalue weighted by Gasteiger charge is 2.05. The van der Waals surface area contributed by atoms with Crippen molar-refractivity contribution in [2.75, 3.05) is 13.7 Å². The molecule has 0 unspecified atom stereocenters. The number of aliphatic hydroxyl groups excluding tert-OH is 1. The molecule has 0 aliphatic rings. The molecule has 0 aliphatic carbocycles. The zero-order valence-corrected chi connectivity index (χ0v) is 8.80. The van der Waals surface area contributed by atoms with Crippen LogP contribution in [0.2, 0.25) is 0 Å². The second-order valence-corrected chi connectivity index (χ2v) is 4.04. The Morgan fingerprint density at radius 3 is 3.00 bits per heavy atom. The second kappa shape index (κ2) is 3.98. The molecular formula is C11H12O2S. The molecule has 0 spiro atoms. The van der Waals surface area contributed by atoms with E-state index in [0.29, 0.717) is 6.42 Å². The van der Waals surface area contributed by atoms with Gasteiger partial charge in [-0.25, -0.2) is 0 Å². The largest absolute Gasteiger partial charge is 0.496 e. The van der Waals surface area contributed by atoms with Gasteiger partial charge in [-0.2, -0.15) is 0 Å². The Morgan fingerprint density at radius 2 is 2.29 bits per heavy atom. The van der Waals surface area contributed by atoms with Crippen molar-refractivity contribution in [1.82, 2.24) is 0 Å². The molecular weight excluding hydrogens is 196 g/mol. The van der Waals surface area contributed by atoms with Crippen molar-refractivity contribution < 1.29 is 9.84 Å². The van der Waals surface area contributed by atoms with Gasteiger partial charge in [0, 0.05) is 11.3 Å². The minimum atomic E-state index is 0.159. The number of ether oxygens (including phenoxy) is 1. The third kappa shape index (κ3) is 1.61. The van der Waals surface area contributed by atoms with Gasteiger partial charge in [0.15, 0.2) is 0 Å². The number of methoxy groups -OCH3 is 1. The van der Waals surface area contributed by atoms with Gasteiger partial charge in [0.05, 0.1) is 7.11 Å². The topological polar surface area (TPSA) is 29.5 Å². The van der Waals surface area contributed by atoms with Crippen LogP contribution < -0.4 is 4.74 Å². The van der Waals surface area contributed by atoms with Gasteiger partial charge in [0.25, 0.3) is 0 Å². The standard InChI is InChI=1S/C11H12O2S/c1-13-10-7-11-9(3-5-14-11)6-8(10)2-4-12/h3,5-7,12H,2,4H2,1H3. The van der Waals surface area contributed by atoms with Gasteiger partial charge < -0.3 is 9.84 Å². The highest BCUT2D eigenvalue weighted by molar-refractivity contribution is 7.17. The van der Waals surface area contributed by atoms with E-state index >= 15 is 0 Å². The summed E-state index contributed by atoms with van der Waals surface area (Å²) in [6.45, 7) is 0.159. The van der Waals surface area contributed by atoms with E-state index in [1.165, 1.54) is 10.1 Å². The summed E-state index contributed by atoms with van der Waals surface area (Å²) in [5, 5.41) is 12.2. The Morgan fingerprint density at radius 1 is 1.43 bits per heavy atom. The zero-order valence-electron chi connectivity index (χ0n) is 7.99. The summed E-state index contributed by atoms with van der Waals surface area (Å²) >= 11 is 1.70. The lowest BCUT2D eigenvalue weighted by Crippen LogP contribution is -1.95. The first-order valence-corrected chi connectivity index (χ1v) is 5.38. The lowest BCUT2D eigenvalue weighted by molar-refractivity contribution is 0.297. The fourth-order valence-corrected chi connectivity index (χ4v) is 2.34. The summed E-state index contributed by atoms with van der Waals surface area (Å²) in [5.41, 5.74) is 1.07. The molecule has 3 heteroatoms. The molecule has 0 aliphatic heterocycles. The number of thiophene rings is 1. The molecule has 1 aromatic heterocycles. The maximum atomic E-state index is 8.91. The Labute approximate surface area is 86.8 Å². The molecule has 74 valence electrons. The predicted octanol–water partition coefficient (Wildman–Crippen LogP) is 2.44. The minimum absolute atomic E-state index is 0.159. The zero-order chi connectivity index (χ0) is 9.97. The molecule has 0 fully saturated rings. The smallest absolute Gasteiger partial charge is 0.123 e. The van der Waals surface area contributed by atoms with E-state index in [0.717, 1.165) is 11.3 Å². The van der Waals surface area contributed by atoms with Gasteiger partial charge in [0.1, 0.15) is 5.75 Å². The highest BCUT2D eigenvalue weighted by atomic mass is 32.1. The fourth-order valence-electron chi connectivity index (χ4n) is 1.54. The molecule has 14 heavy (non-hydrogen) atoms. The van der Waals surface area contributed by atoms with Crippen LogP contribution in [0.4, 0.5) is 0 Å². The summed E-state index contributed by atoms with van der Waals surface area (Å²) in [7, 11) is 1.66. The highest BCUT2D eigenvalue weighted by Crippen LogP contribution is 2.29. The molecule has 1 N–H and O–H groups in total. The summed E-state index contributed by atoms with van der Waals surface area (Å²) in [6.07, 6.45) is 0.648. The minimum Gasteiger partial charge on any atom is -0.496 e. The van der Waals surface area contributed by atoms with E-state index in [2.05, 4.69) is 17.5 Å². The first-order chi connectivity index (χ1) is 6.85. The number of hydrogen-bond donors (Lipinski definition) is 1. The number of hydrogen-bond acceptors (Lipinski definition) is 3. The monoisotopic (exact) mass is 208 g/mol. The third-order valence-electron chi connectivity index (χ3n) is 2.24. The molecule has 2 nitrogen and oxygen atoms in total. The van der Waals surface area contributed by atoms with Crippen molar-refractivity contribution in [1.29, 1.82) is 0 Å². The Hall–Kier alpha value is -1.06. The van der Waals surface area contributed by atoms with Crippen LogP contribution in [-0.4, -0.2) is 18.8 Å². The molecule has 1 aromatic carbocycles. The molecule has 0 atom stereocenters. The number of aliphatic hydroxyl groups is 1.